The summed E-state index contributed by atoms with van der Waals surface area (Å²) in [5, 5.41) is 9.78. The highest BCUT2D eigenvalue weighted by Gasteiger charge is 2.35. The van der Waals surface area contributed by atoms with Crippen LogP contribution in [0.4, 0.5) is 0 Å². The van der Waals surface area contributed by atoms with Gasteiger partial charge >= 0.3 is 0 Å². The second-order valence-electron chi connectivity index (χ2n) is 9.63. The zero-order valence-corrected chi connectivity index (χ0v) is 22.9. The first-order valence-corrected chi connectivity index (χ1v) is 11.3. The van der Waals surface area contributed by atoms with Crippen molar-refractivity contribution in [3.05, 3.63) is 35.4 Å². The highest BCUT2D eigenvalue weighted by Crippen LogP contribution is 2.33. The number of nitrogens with zero attached hydrogens (tertiary/aromatic N) is 2. The Bertz CT molecular complexity index is 733. The maximum atomic E-state index is 12.4. The predicted octanol–water partition coefficient (Wildman–Crippen LogP) is 3.10. The number of halogens is 1. The van der Waals surface area contributed by atoms with Crippen molar-refractivity contribution < 1.29 is 9.53 Å². The van der Waals surface area contributed by atoms with Crippen LogP contribution in [0.1, 0.15) is 49.5 Å². The van der Waals surface area contributed by atoms with Crippen LogP contribution in [0, 0.1) is 11.3 Å². The summed E-state index contributed by atoms with van der Waals surface area (Å²) in [5.74, 6) is 1.18. The average Bonchev–Trinajstić information content (AvgIpc) is 2.73. The Morgan fingerprint density at radius 1 is 1.22 bits per heavy atom. The smallest absolute Gasteiger partial charge is 0.251 e. The Labute approximate surface area is 211 Å². The predicted molar refractivity (Wildman–Crippen MR) is 143 cm³/mol. The lowest BCUT2D eigenvalue weighted by Gasteiger charge is -2.40. The first-order valence-electron chi connectivity index (χ1n) is 11.3. The van der Waals surface area contributed by atoms with E-state index in [1.54, 1.807) is 7.05 Å². The molecule has 2 rings (SSSR count). The van der Waals surface area contributed by atoms with Gasteiger partial charge in [0.1, 0.15) is 0 Å². The minimum absolute atomic E-state index is 0. The van der Waals surface area contributed by atoms with Crippen molar-refractivity contribution in [2.75, 3.05) is 47.4 Å². The molecule has 0 radical (unpaired) electrons. The SMILES string of the molecule is CN=C(NCc1cccc(C(=O)NCCN(C)C)c1)NCC1CCCOC1C(C)(C)C.I. The van der Waals surface area contributed by atoms with E-state index in [1.165, 1.54) is 0 Å². The lowest BCUT2D eigenvalue weighted by molar-refractivity contribution is -0.0835. The molecule has 32 heavy (non-hydrogen) atoms. The van der Waals surface area contributed by atoms with E-state index >= 15 is 0 Å². The number of ether oxygens (including phenoxy) is 1. The van der Waals surface area contributed by atoms with E-state index in [1.807, 2.05) is 43.3 Å². The molecular weight excluding hydrogens is 517 g/mol. The normalized spacial score (nSPS) is 19.3. The van der Waals surface area contributed by atoms with E-state index in [-0.39, 0.29) is 41.4 Å². The molecule has 7 nitrogen and oxygen atoms in total. The Kier molecular flexibility index (Phi) is 12.5. The van der Waals surface area contributed by atoms with E-state index in [9.17, 15) is 4.79 Å². The van der Waals surface area contributed by atoms with Crippen LogP contribution < -0.4 is 16.0 Å². The lowest BCUT2D eigenvalue weighted by atomic mass is 9.78. The van der Waals surface area contributed by atoms with Crippen molar-refractivity contribution >= 4 is 35.8 Å². The van der Waals surface area contributed by atoms with Crippen LogP contribution in [-0.2, 0) is 11.3 Å². The molecule has 1 amide bonds. The van der Waals surface area contributed by atoms with Crippen LogP contribution in [-0.4, -0.2) is 70.3 Å². The second kappa shape index (κ2) is 14.0. The first kappa shape index (κ1) is 28.6. The van der Waals surface area contributed by atoms with E-state index < -0.39 is 0 Å². The highest BCUT2D eigenvalue weighted by molar-refractivity contribution is 14.0. The van der Waals surface area contributed by atoms with E-state index in [0.29, 0.717) is 24.6 Å². The third-order valence-electron chi connectivity index (χ3n) is 5.55. The van der Waals surface area contributed by atoms with E-state index in [2.05, 4.69) is 41.7 Å². The van der Waals surface area contributed by atoms with Gasteiger partial charge in [-0.15, -0.1) is 24.0 Å². The van der Waals surface area contributed by atoms with Gasteiger partial charge in [0.2, 0.25) is 0 Å². The van der Waals surface area contributed by atoms with Gasteiger partial charge in [-0.3, -0.25) is 9.79 Å². The zero-order valence-electron chi connectivity index (χ0n) is 20.5. The molecule has 1 aromatic carbocycles. The number of benzene rings is 1. The van der Waals surface area contributed by atoms with E-state index in [4.69, 9.17) is 4.74 Å². The summed E-state index contributed by atoms with van der Waals surface area (Å²) in [6.45, 7) is 10.5. The highest BCUT2D eigenvalue weighted by atomic mass is 127. The van der Waals surface area contributed by atoms with Gasteiger partial charge in [-0.1, -0.05) is 32.9 Å². The molecule has 1 aromatic rings. The molecule has 1 saturated heterocycles. The summed E-state index contributed by atoms with van der Waals surface area (Å²) in [6.07, 6.45) is 2.51. The van der Waals surface area contributed by atoms with Gasteiger partial charge < -0.3 is 25.6 Å². The molecule has 3 N–H and O–H groups in total. The van der Waals surface area contributed by atoms with Gasteiger partial charge in [0.25, 0.3) is 5.91 Å². The van der Waals surface area contributed by atoms with Crippen LogP contribution in [0.5, 0.6) is 0 Å². The third-order valence-corrected chi connectivity index (χ3v) is 5.55. The molecule has 8 heteroatoms. The summed E-state index contributed by atoms with van der Waals surface area (Å²) >= 11 is 0. The summed E-state index contributed by atoms with van der Waals surface area (Å²) in [4.78, 5) is 18.8. The van der Waals surface area contributed by atoms with Gasteiger partial charge in [-0.25, -0.2) is 0 Å². The molecule has 0 bridgehead atoms. The number of likely N-dealkylation sites (N-methyl/N-ethyl adjacent to an activating group) is 1. The maximum absolute atomic E-state index is 12.4. The summed E-state index contributed by atoms with van der Waals surface area (Å²) < 4.78 is 6.09. The van der Waals surface area contributed by atoms with Gasteiger partial charge in [-0.2, -0.15) is 0 Å². The number of carbonyl (C=O) groups is 1. The van der Waals surface area contributed by atoms with E-state index in [0.717, 1.165) is 44.1 Å². The molecule has 182 valence electrons. The fourth-order valence-electron chi connectivity index (χ4n) is 3.96. The van der Waals surface area contributed by atoms with Crippen molar-refractivity contribution in [1.82, 2.24) is 20.9 Å². The molecule has 2 atom stereocenters. The maximum Gasteiger partial charge on any atom is 0.251 e. The second-order valence-corrected chi connectivity index (χ2v) is 9.63. The van der Waals surface area contributed by atoms with Crippen LogP contribution in [0.15, 0.2) is 29.3 Å². The number of rotatable bonds is 8. The fraction of sp³-hybridized carbons (Fsp3) is 0.667. The third kappa shape index (κ3) is 9.62. The largest absolute Gasteiger partial charge is 0.377 e. The molecule has 0 aliphatic carbocycles. The van der Waals surface area contributed by atoms with Crippen LogP contribution in [0.2, 0.25) is 0 Å². The van der Waals surface area contributed by atoms with Crippen LogP contribution in [0.25, 0.3) is 0 Å². The lowest BCUT2D eigenvalue weighted by Crippen LogP contribution is -2.47. The molecule has 0 saturated carbocycles. The topological polar surface area (TPSA) is 78.0 Å². The van der Waals surface area contributed by atoms with Gasteiger partial charge in [0, 0.05) is 51.3 Å². The number of carbonyl (C=O) groups excluding carboxylic acids is 1. The quantitative estimate of drug-likeness (QED) is 0.259. The number of guanidine groups is 1. The number of amides is 1. The van der Waals surface area contributed by atoms with Crippen molar-refractivity contribution in [2.24, 2.45) is 16.3 Å². The Morgan fingerprint density at radius 3 is 2.62 bits per heavy atom. The zero-order chi connectivity index (χ0) is 22.9. The van der Waals surface area contributed by atoms with Gasteiger partial charge in [0.05, 0.1) is 6.10 Å². The van der Waals surface area contributed by atoms with Crippen molar-refractivity contribution in [3.8, 4) is 0 Å². The van der Waals surface area contributed by atoms with Crippen LogP contribution >= 0.6 is 24.0 Å². The molecule has 1 heterocycles. The average molecular weight is 560 g/mol. The minimum Gasteiger partial charge on any atom is -0.377 e. The first-order chi connectivity index (χ1) is 14.7. The van der Waals surface area contributed by atoms with Crippen molar-refractivity contribution in [1.29, 1.82) is 0 Å². The van der Waals surface area contributed by atoms with Crippen LogP contribution in [0.3, 0.4) is 0 Å². The summed E-state index contributed by atoms with van der Waals surface area (Å²) in [5.41, 5.74) is 1.84. The molecular formula is C24H42IN5O2. The monoisotopic (exact) mass is 559 g/mol. The summed E-state index contributed by atoms with van der Waals surface area (Å²) in [6, 6.07) is 7.70. The Balaban J connectivity index is 0.00000512. The number of hydrogen-bond acceptors (Lipinski definition) is 4. The molecule has 1 aliphatic rings. The molecule has 2 unspecified atom stereocenters. The summed E-state index contributed by atoms with van der Waals surface area (Å²) in [7, 11) is 5.76. The minimum atomic E-state index is -0.0447. The Morgan fingerprint density at radius 2 is 1.97 bits per heavy atom. The van der Waals surface area contributed by atoms with Crippen molar-refractivity contribution in [3.63, 3.8) is 0 Å². The standard InChI is InChI=1S/C24H41N5O2.HI/c1-24(2,3)21-20(11-8-14-31-21)17-28-23(25-4)27-16-18-9-7-10-19(15-18)22(30)26-12-13-29(5)6;/h7,9-10,15,20-21H,8,11-14,16-17H2,1-6H3,(H,26,30)(H2,25,27,28);1H. The number of aliphatic imine (C=N–C) groups is 1. The van der Waals surface area contributed by atoms with Gasteiger partial charge in [-0.05, 0) is 50.0 Å². The van der Waals surface area contributed by atoms with Crippen molar-refractivity contribution in [2.45, 2.75) is 46.3 Å². The molecule has 1 aliphatic heterocycles. The number of nitrogens with one attached hydrogen (secondary N) is 3. The molecule has 0 aromatic heterocycles. The fourth-order valence-corrected chi connectivity index (χ4v) is 3.96. The molecule has 1 fully saturated rings. The van der Waals surface area contributed by atoms with Gasteiger partial charge in [0.15, 0.2) is 5.96 Å². The molecule has 0 spiro atoms. The Hall–Kier alpha value is -1.39. The number of hydrogen-bond donors (Lipinski definition) is 3.